The van der Waals surface area contributed by atoms with E-state index in [1.54, 1.807) is 62.4 Å². The van der Waals surface area contributed by atoms with Crippen LogP contribution in [0, 0.1) is 25.7 Å². The standard InChI is InChI=1S/C42H44B2F4N4/c1-27(2)25-31-9-13-33(14-10-31)41-37-21-7-29(5)49(37)43(45,46)51-35(19-23-39(41)51)17-18-36-20-24-40-42(34-15-11-32(12-16-34)26-28(3)4)38-22-8-30(6)50(38)44(47,48)52(36)40/h7-16,19-24,27-28H,17-18,25-26H2,1-6H3. The zero-order valence-electron chi connectivity index (χ0n) is 30.7. The lowest BCUT2D eigenvalue weighted by Crippen LogP contribution is -2.52. The summed E-state index contributed by atoms with van der Waals surface area (Å²) in [6, 6.07) is 23.4. The maximum absolute atomic E-state index is 16.7. The number of hydrogen-bond donors (Lipinski definition) is 0. The smallest absolute Gasteiger partial charge is 0.393 e. The Morgan fingerprint density at radius 3 is 1.23 bits per heavy atom. The second-order valence-corrected chi connectivity index (χ2v) is 15.6. The summed E-state index contributed by atoms with van der Waals surface area (Å²) in [7, 11) is 0. The van der Waals surface area contributed by atoms with Crippen molar-refractivity contribution in [3.63, 3.8) is 0 Å². The molecule has 2 aromatic carbocycles. The quantitative estimate of drug-likeness (QED) is 0.122. The van der Waals surface area contributed by atoms with Crippen LogP contribution in [0.1, 0.15) is 85.6 Å². The molecule has 0 amide bonds. The maximum Gasteiger partial charge on any atom is 0.737 e. The molecule has 52 heavy (non-hydrogen) atoms. The molecular weight excluding hydrogens is 658 g/mol. The first kappa shape index (κ1) is 34.2. The average Bonchev–Trinajstić information content (AvgIpc) is 3.88. The Kier molecular flexibility index (Phi) is 8.16. The highest BCUT2D eigenvalue weighted by Gasteiger charge is 2.56. The summed E-state index contributed by atoms with van der Waals surface area (Å²) in [6.45, 7) is 3.64. The maximum atomic E-state index is 16.7. The van der Waals surface area contributed by atoms with Gasteiger partial charge in [-0.1, -0.05) is 76.2 Å². The second-order valence-electron chi connectivity index (χ2n) is 15.6. The summed E-state index contributed by atoms with van der Waals surface area (Å²) >= 11 is 0. The number of fused-ring (bicyclic) bond motifs is 4. The molecule has 2 aromatic heterocycles. The molecule has 4 aliphatic heterocycles. The summed E-state index contributed by atoms with van der Waals surface area (Å²) in [5.74, 6) is 1.00. The first-order chi connectivity index (χ1) is 24.8. The van der Waals surface area contributed by atoms with E-state index in [4.69, 9.17) is 0 Å². The Labute approximate surface area is 303 Å². The first-order valence-corrected chi connectivity index (χ1v) is 18.5. The topological polar surface area (TPSA) is 15.9 Å². The molecule has 0 saturated carbocycles. The van der Waals surface area contributed by atoms with Gasteiger partial charge in [0.05, 0.1) is 11.1 Å². The summed E-state index contributed by atoms with van der Waals surface area (Å²) in [6.07, 6.45) is 9.23. The van der Waals surface area contributed by atoms with Gasteiger partial charge in [0.1, 0.15) is 11.4 Å². The van der Waals surface area contributed by atoms with E-state index in [9.17, 15) is 0 Å². The van der Waals surface area contributed by atoms with Crippen LogP contribution >= 0.6 is 0 Å². The summed E-state index contributed by atoms with van der Waals surface area (Å²) < 4.78 is 71.4. The number of benzene rings is 2. The Morgan fingerprint density at radius 2 is 0.885 bits per heavy atom. The van der Waals surface area contributed by atoms with E-state index < -0.39 is 13.9 Å². The predicted octanol–water partition coefficient (Wildman–Crippen LogP) is 9.82. The molecule has 0 radical (unpaired) electrons. The lowest BCUT2D eigenvalue weighted by atomic mass is 9.85. The van der Waals surface area contributed by atoms with Crippen molar-refractivity contribution in [1.82, 2.24) is 8.96 Å². The molecule has 6 heterocycles. The van der Waals surface area contributed by atoms with Crippen molar-refractivity contribution in [2.45, 2.75) is 67.2 Å². The third-order valence-corrected chi connectivity index (χ3v) is 10.9. The Hall–Kier alpha value is -4.85. The molecule has 8 rings (SSSR count). The zero-order chi connectivity index (χ0) is 36.7. The zero-order valence-corrected chi connectivity index (χ0v) is 30.7. The molecule has 0 spiro atoms. The van der Waals surface area contributed by atoms with Gasteiger partial charge in [-0.05, 0) is 96.4 Å². The number of rotatable bonds is 9. The molecule has 0 unspecified atom stereocenters. The van der Waals surface area contributed by atoms with Crippen LogP contribution in [0.5, 0.6) is 0 Å². The molecule has 0 saturated heterocycles. The van der Waals surface area contributed by atoms with Gasteiger partial charge < -0.3 is 35.2 Å². The van der Waals surface area contributed by atoms with Gasteiger partial charge in [-0.25, -0.2) is 0 Å². The number of allylic oxidation sites excluding steroid dienone is 4. The number of nitrogens with zero attached hydrogens (tertiary/aromatic N) is 4. The second kappa shape index (κ2) is 12.4. The van der Waals surface area contributed by atoms with Crippen LogP contribution in [0.15, 0.2) is 108 Å². The van der Waals surface area contributed by atoms with Gasteiger partial charge in [-0.15, -0.1) is 0 Å². The van der Waals surface area contributed by atoms with E-state index in [0.717, 1.165) is 44.1 Å². The normalized spacial score (nSPS) is 18.3. The van der Waals surface area contributed by atoms with Crippen molar-refractivity contribution in [1.29, 1.82) is 0 Å². The van der Waals surface area contributed by atoms with Crippen LogP contribution in [-0.2, 0) is 12.8 Å². The van der Waals surface area contributed by atoms with Crippen LogP contribution in [0.3, 0.4) is 0 Å². The highest BCUT2D eigenvalue weighted by molar-refractivity contribution is 6.59. The lowest BCUT2D eigenvalue weighted by molar-refractivity contribution is -0.366. The van der Waals surface area contributed by atoms with E-state index >= 15 is 17.3 Å². The van der Waals surface area contributed by atoms with Crippen molar-refractivity contribution in [2.24, 2.45) is 11.8 Å². The summed E-state index contributed by atoms with van der Waals surface area (Å²) in [5.41, 5.74) is 9.25. The van der Waals surface area contributed by atoms with E-state index in [-0.39, 0.29) is 12.8 Å². The minimum Gasteiger partial charge on any atom is -0.393 e. The van der Waals surface area contributed by atoms with Gasteiger partial charge in [0, 0.05) is 48.5 Å². The van der Waals surface area contributed by atoms with Gasteiger partial charge in [-0.3, -0.25) is 0 Å². The lowest BCUT2D eigenvalue weighted by Gasteiger charge is -2.33. The van der Waals surface area contributed by atoms with Crippen molar-refractivity contribution >= 4 is 36.5 Å². The average molecular weight is 702 g/mol. The molecule has 4 aromatic rings. The number of hydrogen-bond acceptors (Lipinski definition) is 0. The van der Waals surface area contributed by atoms with Crippen LogP contribution in [0.25, 0.3) is 11.1 Å². The fraction of sp³-hybridized carbons (Fsp3) is 0.286. The van der Waals surface area contributed by atoms with Crippen molar-refractivity contribution in [3.05, 3.63) is 154 Å². The van der Waals surface area contributed by atoms with Gasteiger partial charge >= 0.3 is 13.9 Å². The van der Waals surface area contributed by atoms with Crippen molar-refractivity contribution in [3.8, 4) is 0 Å². The number of aromatic nitrogens is 2. The fourth-order valence-corrected chi connectivity index (χ4v) is 8.76. The predicted molar refractivity (Wildman–Crippen MR) is 205 cm³/mol. The summed E-state index contributed by atoms with van der Waals surface area (Å²) in [5, 5.41) is 0. The first-order valence-electron chi connectivity index (χ1n) is 18.5. The third kappa shape index (κ3) is 5.36. The van der Waals surface area contributed by atoms with E-state index in [1.165, 1.54) is 20.1 Å². The van der Waals surface area contributed by atoms with Gasteiger partial charge in [-0.2, -0.15) is 0 Å². The Bertz CT molecular complexity index is 2150. The van der Waals surface area contributed by atoms with Crippen molar-refractivity contribution < 1.29 is 26.2 Å². The molecule has 266 valence electrons. The van der Waals surface area contributed by atoms with Crippen LogP contribution in [-0.4, -0.2) is 43.3 Å². The van der Waals surface area contributed by atoms with E-state index in [1.807, 2.05) is 24.3 Å². The highest BCUT2D eigenvalue weighted by Crippen LogP contribution is 2.43. The van der Waals surface area contributed by atoms with E-state index in [0.29, 0.717) is 57.4 Å². The van der Waals surface area contributed by atoms with Crippen LogP contribution in [0.4, 0.5) is 17.3 Å². The van der Waals surface area contributed by atoms with Crippen LogP contribution < -0.4 is 0 Å². The monoisotopic (exact) mass is 702 g/mol. The van der Waals surface area contributed by atoms with Crippen LogP contribution in [0.2, 0.25) is 0 Å². The Morgan fingerprint density at radius 1 is 0.519 bits per heavy atom. The molecule has 0 fully saturated rings. The van der Waals surface area contributed by atoms with E-state index in [2.05, 4.69) is 52.0 Å². The third-order valence-electron chi connectivity index (χ3n) is 10.9. The van der Waals surface area contributed by atoms with Gasteiger partial charge in [0.25, 0.3) is 0 Å². The largest absolute Gasteiger partial charge is 0.737 e. The minimum absolute atomic E-state index is 0.167. The molecule has 4 aliphatic rings. The van der Waals surface area contributed by atoms with Gasteiger partial charge in [0.15, 0.2) is 11.4 Å². The van der Waals surface area contributed by atoms with Crippen molar-refractivity contribution in [2.75, 3.05) is 0 Å². The molecule has 0 atom stereocenters. The van der Waals surface area contributed by atoms with Gasteiger partial charge in [0.2, 0.25) is 0 Å². The molecule has 10 heteroatoms. The highest BCUT2D eigenvalue weighted by atomic mass is 19.3. The molecule has 0 aliphatic carbocycles. The fourth-order valence-electron chi connectivity index (χ4n) is 8.76. The minimum atomic E-state index is -4.23. The molecular formula is C42H44B2F4N4. The molecule has 0 N–H and O–H groups in total. The Balaban J connectivity index is 1.21. The molecule has 0 bridgehead atoms. The SMILES string of the molecule is Cc1ccc2n1[B-](F)(F)[N+]1=C(CCC3=[N+]4C(=C(c5ccc(CC(C)C)cc5)c5ccc(C)n5[B-]4(F)F)C=C3)C=CC1=C2c1ccc(CC(C)C)cc1. The summed E-state index contributed by atoms with van der Waals surface area (Å²) in [4.78, 5) is 0. The number of aryl methyl sites for hydroxylation is 2. The molecule has 4 nitrogen and oxygen atoms in total. The number of halogens is 4.